The maximum absolute atomic E-state index is 6.33. The first kappa shape index (κ1) is 24.5. The van der Waals surface area contributed by atoms with E-state index in [1.165, 1.54) is 0 Å². The van der Waals surface area contributed by atoms with Crippen LogP contribution >= 0.6 is 34.8 Å². The third-order valence-electron chi connectivity index (χ3n) is 3.94. The molecule has 7 heteroatoms. The van der Waals surface area contributed by atoms with E-state index < -0.39 is 0 Å². The fourth-order valence-electron chi connectivity index (χ4n) is 2.62. The molecule has 0 aromatic heterocycles. The van der Waals surface area contributed by atoms with Crippen LogP contribution in [-0.4, -0.2) is 25.9 Å². The highest BCUT2D eigenvalue weighted by Crippen LogP contribution is 2.33. The summed E-state index contributed by atoms with van der Waals surface area (Å²) < 4.78 is 23.0. The molecule has 2 aromatic carbocycles. The molecule has 0 saturated heterocycles. The Labute approximate surface area is 193 Å². The van der Waals surface area contributed by atoms with Gasteiger partial charge in [-0.05, 0) is 75.6 Å². The summed E-state index contributed by atoms with van der Waals surface area (Å²) >= 11 is 17.5. The van der Waals surface area contributed by atoms with Gasteiger partial charge in [-0.25, -0.2) is 0 Å². The van der Waals surface area contributed by atoms with Crippen LogP contribution in [-0.2, 0) is 0 Å². The fraction of sp³-hybridized carbons (Fsp3) is 0.391. The largest absolute Gasteiger partial charge is 0.494 e. The van der Waals surface area contributed by atoms with Crippen LogP contribution in [0, 0.1) is 6.92 Å². The first-order valence-electron chi connectivity index (χ1n) is 9.81. The minimum Gasteiger partial charge on any atom is -0.494 e. The maximum Gasteiger partial charge on any atom is 0.141 e. The Morgan fingerprint density at radius 2 is 1.53 bits per heavy atom. The lowest BCUT2D eigenvalue weighted by molar-refractivity contribution is 0.241. The Kier molecular flexibility index (Phi) is 10.5. The average molecular weight is 474 g/mol. The zero-order valence-electron chi connectivity index (χ0n) is 17.4. The first-order valence-corrected chi connectivity index (χ1v) is 10.9. The molecule has 0 saturated carbocycles. The van der Waals surface area contributed by atoms with Crippen molar-refractivity contribution in [3.63, 3.8) is 0 Å². The van der Waals surface area contributed by atoms with Gasteiger partial charge >= 0.3 is 0 Å². The highest BCUT2D eigenvalue weighted by atomic mass is 35.5. The number of benzene rings is 2. The molecule has 164 valence electrons. The number of hydrogen-bond acceptors (Lipinski definition) is 4. The topological polar surface area (TPSA) is 36.9 Å². The van der Waals surface area contributed by atoms with E-state index in [9.17, 15) is 0 Å². The summed E-state index contributed by atoms with van der Waals surface area (Å²) in [5.41, 5.74) is 0.901. The van der Waals surface area contributed by atoms with Crippen LogP contribution in [0.5, 0.6) is 23.0 Å². The SMILES string of the molecule is Cc1cc(OCC=C(Cl)Cl)cc(Cl)c1OCCCCOc1ccc(OC(C)C)cc1. The minimum atomic E-state index is 0.157. The minimum absolute atomic E-state index is 0.157. The molecule has 0 fully saturated rings. The van der Waals surface area contributed by atoms with E-state index in [1.54, 1.807) is 12.1 Å². The summed E-state index contributed by atoms with van der Waals surface area (Å²) in [6.07, 6.45) is 3.44. The summed E-state index contributed by atoms with van der Waals surface area (Å²) in [5, 5.41) is 0.505. The third kappa shape index (κ3) is 8.95. The highest BCUT2D eigenvalue weighted by Gasteiger charge is 2.09. The van der Waals surface area contributed by atoms with Gasteiger partial charge in [0.2, 0.25) is 0 Å². The van der Waals surface area contributed by atoms with Gasteiger partial charge in [-0.15, -0.1) is 0 Å². The molecule has 0 radical (unpaired) electrons. The van der Waals surface area contributed by atoms with Crippen molar-refractivity contribution in [2.45, 2.75) is 39.7 Å². The number of unbranched alkanes of at least 4 members (excludes halogenated alkanes) is 1. The Bertz CT molecular complexity index is 793. The molecular weight excluding hydrogens is 447 g/mol. The van der Waals surface area contributed by atoms with Crippen LogP contribution in [0.4, 0.5) is 0 Å². The van der Waals surface area contributed by atoms with Crippen LogP contribution in [0.15, 0.2) is 47.0 Å². The third-order valence-corrected chi connectivity index (χ3v) is 4.53. The van der Waals surface area contributed by atoms with Crippen LogP contribution in [0.3, 0.4) is 0 Å². The predicted octanol–water partition coefficient (Wildman–Crippen LogP) is 7.37. The normalized spacial score (nSPS) is 10.6. The molecular formula is C23H27Cl3O4. The van der Waals surface area contributed by atoms with Crippen molar-refractivity contribution in [2.75, 3.05) is 19.8 Å². The van der Waals surface area contributed by atoms with Gasteiger partial charge in [-0.3, -0.25) is 0 Å². The van der Waals surface area contributed by atoms with E-state index in [4.69, 9.17) is 53.8 Å². The summed E-state index contributed by atoms with van der Waals surface area (Å²) in [5.74, 6) is 2.96. The zero-order chi connectivity index (χ0) is 21.9. The van der Waals surface area contributed by atoms with Gasteiger partial charge in [0.15, 0.2) is 0 Å². The predicted molar refractivity (Wildman–Crippen MR) is 124 cm³/mol. The van der Waals surface area contributed by atoms with Gasteiger partial charge in [-0.1, -0.05) is 34.8 Å². The van der Waals surface area contributed by atoms with Crippen LogP contribution in [0.25, 0.3) is 0 Å². The summed E-state index contributed by atoms with van der Waals surface area (Å²) in [4.78, 5) is 0. The van der Waals surface area contributed by atoms with Crippen LogP contribution in [0.1, 0.15) is 32.3 Å². The molecule has 0 aliphatic heterocycles. The van der Waals surface area contributed by atoms with Gasteiger partial charge < -0.3 is 18.9 Å². The molecule has 0 bridgehead atoms. The maximum atomic E-state index is 6.33. The quantitative estimate of drug-likeness (QED) is 0.301. The van der Waals surface area contributed by atoms with Crippen molar-refractivity contribution >= 4 is 34.8 Å². The van der Waals surface area contributed by atoms with Crippen LogP contribution in [0.2, 0.25) is 5.02 Å². The average Bonchev–Trinajstić information content (AvgIpc) is 2.67. The lowest BCUT2D eigenvalue weighted by atomic mass is 10.2. The molecule has 0 atom stereocenters. The van der Waals surface area contributed by atoms with E-state index in [-0.39, 0.29) is 17.2 Å². The van der Waals surface area contributed by atoms with E-state index in [2.05, 4.69) is 0 Å². The smallest absolute Gasteiger partial charge is 0.141 e. The molecule has 30 heavy (non-hydrogen) atoms. The lowest BCUT2D eigenvalue weighted by Gasteiger charge is -2.13. The molecule has 0 N–H and O–H groups in total. The Morgan fingerprint density at radius 3 is 2.13 bits per heavy atom. The molecule has 0 amide bonds. The number of rotatable bonds is 12. The van der Waals surface area contributed by atoms with Crippen molar-refractivity contribution < 1.29 is 18.9 Å². The van der Waals surface area contributed by atoms with Crippen molar-refractivity contribution in [3.05, 3.63) is 57.6 Å². The number of aryl methyl sites for hydroxylation is 1. The fourth-order valence-corrected chi connectivity index (χ4v) is 3.06. The van der Waals surface area contributed by atoms with E-state index in [0.29, 0.717) is 29.7 Å². The molecule has 0 aliphatic rings. The second-order valence-corrected chi connectivity index (χ2v) is 8.31. The molecule has 0 aliphatic carbocycles. The van der Waals surface area contributed by atoms with E-state index in [0.717, 1.165) is 29.9 Å². The summed E-state index contributed by atoms with van der Waals surface area (Å²) in [6.45, 7) is 7.36. The molecule has 4 nitrogen and oxygen atoms in total. The Hall–Kier alpha value is -1.75. The van der Waals surface area contributed by atoms with Gasteiger partial charge in [0.1, 0.15) is 34.1 Å². The van der Waals surface area contributed by atoms with Crippen molar-refractivity contribution in [2.24, 2.45) is 0 Å². The molecule has 2 rings (SSSR count). The second kappa shape index (κ2) is 12.8. The Balaban J connectivity index is 1.70. The number of halogens is 3. The number of hydrogen-bond donors (Lipinski definition) is 0. The zero-order valence-corrected chi connectivity index (χ0v) is 19.7. The molecule has 0 unspecified atom stereocenters. The first-order chi connectivity index (χ1) is 14.3. The van der Waals surface area contributed by atoms with Gasteiger partial charge in [0.05, 0.1) is 24.3 Å². The van der Waals surface area contributed by atoms with Gasteiger partial charge in [-0.2, -0.15) is 0 Å². The standard InChI is InChI=1S/C23H27Cl3O4/c1-16(2)30-19-8-6-18(7-9-19)27-11-4-5-12-29-23-17(3)14-20(15-21(23)24)28-13-10-22(25)26/h6-10,14-16H,4-5,11-13H2,1-3H3. The summed E-state index contributed by atoms with van der Waals surface area (Å²) in [7, 11) is 0. The van der Waals surface area contributed by atoms with Gasteiger partial charge in [0, 0.05) is 6.07 Å². The molecule has 0 heterocycles. The monoisotopic (exact) mass is 472 g/mol. The molecule has 0 spiro atoms. The molecule has 2 aromatic rings. The summed E-state index contributed by atoms with van der Waals surface area (Å²) in [6, 6.07) is 11.2. The van der Waals surface area contributed by atoms with E-state index in [1.807, 2.05) is 51.1 Å². The van der Waals surface area contributed by atoms with Crippen molar-refractivity contribution in [1.82, 2.24) is 0 Å². The lowest BCUT2D eigenvalue weighted by Crippen LogP contribution is -2.05. The second-order valence-electron chi connectivity index (χ2n) is 6.90. The van der Waals surface area contributed by atoms with Gasteiger partial charge in [0.25, 0.3) is 0 Å². The van der Waals surface area contributed by atoms with Crippen LogP contribution < -0.4 is 18.9 Å². The van der Waals surface area contributed by atoms with Crippen molar-refractivity contribution in [3.8, 4) is 23.0 Å². The van der Waals surface area contributed by atoms with Crippen molar-refractivity contribution in [1.29, 1.82) is 0 Å². The number of ether oxygens (including phenoxy) is 4. The van der Waals surface area contributed by atoms with E-state index >= 15 is 0 Å². The highest BCUT2D eigenvalue weighted by molar-refractivity contribution is 6.55. The Morgan fingerprint density at radius 1 is 0.900 bits per heavy atom.